The molecule has 0 saturated heterocycles. The SMILES string of the molecule is CC(O)CCCN(c1cc2oc(-c3ccc(F)cc3)c(-c3ncc[nH]3)c2cc1C1CC1)S(C)(=O)=O. The molecule has 184 valence electrons. The van der Waals surface area contributed by atoms with Gasteiger partial charge < -0.3 is 14.5 Å². The van der Waals surface area contributed by atoms with E-state index in [1.807, 2.05) is 6.07 Å². The lowest BCUT2D eigenvalue weighted by Crippen LogP contribution is -2.32. The molecule has 1 atom stereocenters. The molecule has 2 aromatic heterocycles. The third kappa shape index (κ3) is 4.83. The molecule has 35 heavy (non-hydrogen) atoms. The summed E-state index contributed by atoms with van der Waals surface area (Å²) in [5.41, 5.74) is 3.54. The second kappa shape index (κ2) is 9.13. The van der Waals surface area contributed by atoms with E-state index in [1.165, 1.54) is 22.7 Å². The molecule has 9 heteroatoms. The monoisotopic (exact) mass is 497 g/mol. The normalized spacial score (nSPS) is 15.0. The van der Waals surface area contributed by atoms with E-state index in [2.05, 4.69) is 9.97 Å². The van der Waals surface area contributed by atoms with Crippen LogP contribution in [0.25, 0.3) is 33.7 Å². The molecule has 1 fully saturated rings. The van der Waals surface area contributed by atoms with Crippen LogP contribution < -0.4 is 4.31 Å². The van der Waals surface area contributed by atoms with Gasteiger partial charge in [-0.1, -0.05) is 0 Å². The fourth-order valence-electron chi connectivity index (χ4n) is 4.52. The number of H-pyrrole nitrogens is 1. The van der Waals surface area contributed by atoms with E-state index in [-0.39, 0.29) is 18.3 Å². The van der Waals surface area contributed by atoms with E-state index in [0.717, 1.165) is 29.4 Å². The Morgan fingerprint density at radius 3 is 2.60 bits per heavy atom. The van der Waals surface area contributed by atoms with Crippen LogP contribution in [-0.2, 0) is 10.0 Å². The van der Waals surface area contributed by atoms with Gasteiger partial charge >= 0.3 is 0 Å². The number of imidazole rings is 1. The van der Waals surface area contributed by atoms with Gasteiger partial charge in [0.05, 0.1) is 23.6 Å². The third-order valence-corrected chi connectivity index (χ3v) is 7.53. The summed E-state index contributed by atoms with van der Waals surface area (Å²) in [5, 5.41) is 10.5. The zero-order valence-electron chi connectivity index (χ0n) is 19.7. The maximum Gasteiger partial charge on any atom is 0.232 e. The Labute approximate surface area is 203 Å². The van der Waals surface area contributed by atoms with E-state index in [9.17, 15) is 17.9 Å². The summed E-state index contributed by atoms with van der Waals surface area (Å²) in [6, 6.07) is 9.88. The standard InChI is InChI=1S/C26H28FN3O4S/c1-16(31)4-3-13-30(35(2,32)33)22-15-23-21(14-20(22)17-5-6-17)24(26-28-11-12-29-26)25(34-23)18-7-9-19(27)10-8-18/h7-12,14-17,31H,3-6,13H2,1-2H3,(H,28,29). The Kier molecular flexibility index (Phi) is 6.14. The molecule has 1 aliphatic carbocycles. The molecule has 5 rings (SSSR count). The quantitative estimate of drug-likeness (QED) is 0.321. The zero-order valence-corrected chi connectivity index (χ0v) is 20.5. The number of nitrogens with zero attached hydrogens (tertiary/aromatic N) is 2. The number of nitrogens with one attached hydrogen (secondary N) is 1. The number of aromatic nitrogens is 2. The number of aliphatic hydroxyl groups excluding tert-OH is 1. The van der Waals surface area contributed by atoms with Gasteiger partial charge in [0.1, 0.15) is 23.0 Å². The first kappa shape index (κ1) is 23.6. The van der Waals surface area contributed by atoms with Gasteiger partial charge in [-0.2, -0.15) is 0 Å². The van der Waals surface area contributed by atoms with Gasteiger partial charge in [0.2, 0.25) is 10.0 Å². The summed E-state index contributed by atoms with van der Waals surface area (Å²) in [4.78, 5) is 7.58. The predicted octanol–water partition coefficient (Wildman–Crippen LogP) is 5.43. The number of halogens is 1. The van der Waals surface area contributed by atoms with Crippen LogP contribution in [0.15, 0.2) is 53.2 Å². The molecule has 1 aliphatic rings. The molecule has 0 spiro atoms. The van der Waals surface area contributed by atoms with Crippen molar-refractivity contribution in [2.24, 2.45) is 0 Å². The summed E-state index contributed by atoms with van der Waals surface area (Å²) in [6.45, 7) is 1.97. The van der Waals surface area contributed by atoms with E-state index < -0.39 is 16.1 Å². The van der Waals surface area contributed by atoms with Gasteiger partial charge in [-0.25, -0.2) is 17.8 Å². The first-order valence-corrected chi connectivity index (χ1v) is 13.6. The van der Waals surface area contributed by atoms with Crippen molar-refractivity contribution in [1.29, 1.82) is 0 Å². The van der Waals surface area contributed by atoms with Crippen LogP contribution in [-0.4, -0.2) is 42.4 Å². The first-order chi connectivity index (χ1) is 16.7. The highest BCUT2D eigenvalue weighted by molar-refractivity contribution is 7.92. The molecule has 1 unspecified atom stereocenters. The van der Waals surface area contributed by atoms with Crippen LogP contribution >= 0.6 is 0 Å². The summed E-state index contributed by atoms with van der Waals surface area (Å²) in [7, 11) is -3.57. The Balaban J connectivity index is 1.71. The molecule has 2 N–H and O–H groups in total. The topological polar surface area (TPSA) is 99.4 Å². The van der Waals surface area contributed by atoms with Crippen molar-refractivity contribution in [3.63, 3.8) is 0 Å². The number of sulfonamides is 1. The van der Waals surface area contributed by atoms with Crippen molar-refractivity contribution in [3.05, 3.63) is 60.2 Å². The largest absolute Gasteiger partial charge is 0.455 e. The first-order valence-electron chi connectivity index (χ1n) is 11.7. The fourth-order valence-corrected chi connectivity index (χ4v) is 5.50. The molecule has 2 heterocycles. The number of hydrogen-bond donors (Lipinski definition) is 2. The van der Waals surface area contributed by atoms with E-state index in [4.69, 9.17) is 4.42 Å². The van der Waals surface area contributed by atoms with Gasteiger partial charge in [-0.15, -0.1) is 0 Å². The number of benzene rings is 2. The zero-order chi connectivity index (χ0) is 24.7. The molecule has 0 amide bonds. The van der Waals surface area contributed by atoms with Crippen LogP contribution in [0.5, 0.6) is 0 Å². The highest BCUT2D eigenvalue weighted by Gasteiger charge is 2.32. The van der Waals surface area contributed by atoms with E-state index >= 15 is 0 Å². The van der Waals surface area contributed by atoms with Crippen LogP contribution in [0.3, 0.4) is 0 Å². The molecule has 0 radical (unpaired) electrons. The molecule has 2 aromatic carbocycles. The van der Waals surface area contributed by atoms with Crippen molar-refractivity contribution in [2.45, 2.75) is 44.6 Å². The average molecular weight is 498 g/mol. The fraction of sp³-hybridized carbons (Fsp3) is 0.346. The minimum absolute atomic E-state index is 0.268. The molecule has 1 saturated carbocycles. The lowest BCUT2D eigenvalue weighted by atomic mass is 10.0. The highest BCUT2D eigenvalue weighted by atomic mass is 32.2. The van der Waals surface area contributed by atoms with Gasteiger partial charge in [-0.3, -0.25) is 4.31 Å². The summed E-state index contributed by atoms with van der Waals surface area (Å²) in [6.07, 6.45) is 7.11. The van der Waals surface area contributed by atoms with E-state index in [0.29, 0.717) is 41.3 Å². The number of anilines is 1. The maximum atomic E-state index is 13.6. The van der Waals surface area contributed by atoms with Gasteiger partial charge in [0.25, 0.3) is 0 Å². The molecule has 4 aromatic rings. The van der Waals surface area contributed by atoms with Crippen molar-refractivity contribution in [1.82, 2.24) is 9.97 Å². The number of aliphatic hydroxyl groups is 1. The average Bonchev–Trinajstić information content (AvgIpc) is 3.37. The Morgan fingerprint density at radius 1 is 1.26 bits per heavy atom. The number of rotatable bonds is 9. The minimum Gasteiger partial charge on any atom is -0.455 e. The number of furan rings is 1. The second-order valence-corrected chi connectivity index (χ2v) is 11.2. The molecule has 0 aliphatic heterocycles. The van der Waals surface area contributed by atoms with Crippen LogP contribution in [0, 0.1) is 5.82 Å². The summed E-state index contributed by atoms with van der Waals surface area (Å²) < 4.78 is 47.0. The molecular weight excluding hydrogens is 469 g/mol. The van der Waals surface area contributed by atoms with Crippen LogP contribution in [0.4, 0.5) is 10.1 Å². The smallest absolute Gasteiger partial charge is 0.232 e. The highest BCUT2D eigenvalue weighted by Crippen LogP contribution is 2.49. The Hall–Kier alpha value is -3.17. The van der Waals surface area contributed by atoms with Gasteiger partial charge in [-0.05, 0) is 74.4 Å². The number of hydrogen-bond acceptors (Lipinski definition) is 5. The van der Waals surface area contributed by atoms with E-state index in [1.54, 1.807) is 37.5 Å². The maximum absolute atomic E-state index is 13.6. The Bertz CT molecular complexity index is 1440. The van der Waals surface area contributed by atoms with Crippen LogP contribution in [0.2, 0.25) is 0 Å². The van der Waals surface area contributed by atoms with Crippen molar-refractivity contribution >= 4 is 26.7 Å². The predicted molar refractivity (Wildman–Crippen MR) is 134 cm³/mol. The summed E-state index contributed by atoms with van der Waals surface area (Å²) >= 11 is 0. The van der Waals surface area contributed by atoms with Crippen LogP contribution in [0.1, 0.15) is 44.1 Å². The van der Waals surface area contributed by atoms with Gasteiger partial charge in [0, 0.05) is 36.0 Å². The summed E-state index contributed by atoms with van der Waals surface area (Å²) in [5.74, 6) is 1.08. The Morgan fingerprint density at radius 2 is 2.00 bits per heavy atom. The number of aromatic amines is 1. The van der Waals surface area contributed by atoms with Gasteiger partial charge in [0.15, 0.2) is 0 Å². The molecular formula is C26H28FN3O4S. The van der Waals surface area contributed by atoms with Crippen molar-refractivity contribution in [2.75, 3.05) is 17.1 Å². The third-order valence-electron chi connectivity index (χ3n) is 6.35. The minimum atomic E-state index is -3.57. The van der Waals surface area contributed by atoms with Crippen molar-refractivity contribution < 1.29 is 22.3 Å². The molecule has 0 bridgehead atoms. The lowest BCUT2D eigenvalue weighted by Gasteiger charge is -2.25. The molecule has 7 nitrogen and oxygen atoms in total. The second-order valence-electron chi connectivity index (χ2n) is 9.26. The number of fused-ring (bicyclic) bond motifs is 1. The van der Waals surface area contributed by atoms with Crippen molar-refractivity contribution in [3.8, 4) is 22.7 Å². The lowest BCUT2D eigenvalue weighted by molar-refractivity contribution is 0.182.